The third-order valence-electron chi connectivity index (χ3n) is 3.32. The molecular weight excluding hydrogens is 212 g/mol. The van der Waals surface area contributed by atoms with Crippen molar-refractivity contribution in [2.75, 3.05) is 31.1 Å². The molecule has 0 bridgehead atoms. The van der Waals surface area contributed by atoms with E-state index in [9.17, 15) is 0 Å². The Kier molecular flexibility index (Phi) is 3.94. The van der Waals surface area contributed by atoms with Crippen LogP contribution in [0.25, 0.3) is 0 Å². The quantitative estimate of drug-likeness (QED) is 0.789. The third kappa shape index (κ3) is 2.75. The monoisotopic (exact) mass is 230 g/mol. The molecule has 90 valence electrons. The number of nitrogens with zero attached hydrogens (tertiary/aromatic N) is 4. The number of anilines is 1. The van der Waals surface area contributed by atoms with Crippen molar-refractivity contribution in [3.63, 3.8) is 0 Å². The number of hydrogen-bond donors (Lipinski definition) is 0. The zero-order valence-electron chi connectivity index (χ0n) is 10.2. The molecule has 1 fully saturated rings. The Morgan fingerprint density at radius 3 is 2.47 bits per heavy atom. The summed E-state index contributed by atoms with van der Waals surface area (Å²) in [7, 11) is 0. The van der Waals surface area contributed by atoms with Crippen molar-refractivity contribution in [3.05, 3.63) is 24.5 Å². The van der Waals surface area contributed by atoms with Crippen molar-refractivity contribution in [1.29, 1.82) is 5.26 Å². The maximum Gasteiger partial charge on any atom is 0.0976 e. The highest BCUT2D eigenvalue weighted by atomic mass is 15.3. The molecule has 0 spiro atoms. The minimum atomic E-state index is 0.0783. The van der Waals surface area contributed by atoms with Gasteiger partial charge in [-0.3, -0.25) is 9.88 Å². The fourth-order valence-corrected chi connectivity index (χ4v) is 2.28. The average Bonchev–Trinajstić information content (AvgIpc) is 2.42. The molecule has 1 atom stereocenters. The van der Waals surface area contributed by atoms with Gasteiger partial charge in [-0.25, -0.2) is 0 Å². The number of nitriles is 1. The number of pyridine rings is 1. The van der Waals surface area contributed by atoms with E-state index in [1.165, 1.54) is 5.69 Å². The minimum Gasteiger partial charge on any atom is -0.369 e. The zero-order chi connectivity index (χ0) is 12.1. The molecule has 2 rings (SSSR count). The Balaban J connectivity index is 1.93. The highest BCUT2D eigenvalue weighted by Crippen LogP contribution is 2.16. The predicted molar refractivity (Wildman–Crippen MR) is 67.7 cm³/mol. The van der Waals surface area contributed by atoms with Gasteiger partial charge in [-0.05, 0) is 18.6 Å². The Bertz CT molecular complexity index is 376. The van der Waals surface area contributed by atoms with Gasteiger partial charge in [-0.2, -0.15) is 5.26 Å². The lowest BCUT2D eigenvalue weighted by Gasteiger charge is -2.37. The van der Waals surface area contributed by atoms with Crippen molar-refractivity contribution in [1.82, 2.24) is 9.88 Å². The molecule has 1 aromatic heterocycles. The second-order valence-electron chi connectivity index (χ2n) is 4.28. The predicted octanol–water partition coefficient (Wildman–Crippen LogP) is 1.51. The topological polar surface area (TPSA) is 43.2 Å². The van der Waals surface area contributed by atoms with Gasteiger partial charge in [0.05, 0.1) is 12.1 Å². The maximum absolute atomic E-state index is 9.05. The summed E-state index contributed by atoms with van der Waals surface area (Å²) in [6.45, 7) is 5.98. The molecule has 0 radical (unpaired) electrons. The highest BCUT2D eigenvalue weighted by molar-refractivity contribution is 5.45. The van der Waals surface area contributed by atoms with Crippen molar-refractivity contribution < 1.29 is 0 Å². The molecule has 0 amide bonds. The van der Waals surface area contributed by atoms with Gasteiger partial charge in [0.15, 0.2) is 0 Å². The molecule has 0 aliphatic carbocycles. The smallest absolute Gasteiger partial charge is 0.0976 e. The molecule has 1 unspecified atom stereocenters. The summed E-state index contributed by atoms with van der Waals surface area (Å²) in [5, 5.41) is 9.05. The van der Waals surface area contributed by atoms with Crippen LogP contribution in [0.2, 0.25) is 0 Å². The van der Waals surface area contributed by atoms with E-state index in [1.54, 1.807) is 0 Å². The van der Waals surface area contributed by atoms with Crippen LogP contribution in [0.1, 0.15) is 13.3 Å². The van der Waals surface area contributed by atoms with Crippen LogP contribution in [0.5, 0.6) is 0 Å². The molecule has 1 aliphatic rings. The number of aromatic nitrogens is 1. The molecule has 17 heavy (non-hydrogen) atoms. The van der Waals surface area contributed by atoms with Crippen LogP contribution < -0.4 is 4.90 Å². The highest BCUT2D eigenvalue weighted by Gasteiger charge is 2.22. The minimum absolute atomic E-state index is 0.0783. The van der Waals surface area contributed by atoms with E-state index in [4.69, 9.17) is 5.26 Å². The molecule has 0 aromatic carbocycles. The van der Waals surface area contributed by atoms with Gasteiger partial charge in [-0.15, -0.1) is 0 Å². The molecular formula is C13H18N4. The van der Waals surface area contributed by atoms with E-state index in [2.05, 4.69) is 27.8 Å². The summed E-state index contributed by atoms with van der Waals surface area (Å²) in [6, 6.07) is 6.53. The first kappa shape index (κ1) is 11.9. The summed E-state index contributed by atoms with van der Waals surface area (Å²) in [5.74, 6) is 0. The standard InChI is InChI=1S/C13H18N4/c1-2-12(11-14)16-7-9-17(10-8-16)13-3-5-15-6-4-13/h3-6,12H,2,7-10H2,1H3. The van der Waals surface area contributed by atoms with Gasteiger partial charge in [-0.1, -0.05) is 6.92 Å². The molecule has 1 saturated heterocycles. The van der Waals surface area contributed by atoms with Crippen LogP contribution in [0.4, 0.5) is 5.69 Å². The van der Waals surface area contributed by atoms with E-state index < -0.39 is 0 Å². The first-order valence-electron chi connectivity index (χ1n) is 6.13. The number of hydrogen-bond acceptors (Lipinski definition) is 4. The van der Waals surface area contributed by atoms with Crippen LogP contribution in [0, 0.1) is 11.3 Å². The molecule has 1 aliphatic heterocycles. The summed E-state index contributed by atoms with van der Waals surface area (Å²) in [6.07, 6.45) is 4.56. The second-order valence-corrected chi connectivity index (χ2v) is 4.28. The lowest BCUT2D eigenvalue weighted by Crippen LogP contribution is -2.49. The van der Waals surface area contributed by atoms with Gasteiger partial charge >= 0.3 is 0 Å². The Morgan fingerprint density at radius 2 is 1.94 bits per heavy atom. The maximum atomic E-state index is 9.05. The lowest BCUT2D eigenvalue weighted by molar-refractivity contribution is 0.216. The molecule has 1 aromatic rings. The largest absolute Gasteiger partial charge is 0.369 e. The van der Waals surface area contributed by atoms with Gasteiger partial charge in [0, 0.05) is 44.3 Å². The van der Waals surface area contributed by atoms with Crippen molar-refractivity contribution >= 4 is 5.69 Å². The normalized spacial score (nSPS) is 18.7. The summed E-state index contributed by atoms with van der Waals surface area (Å²) < 4.78 is 0. The second kappa shape index (κ2) is 5.65. The van der Waals surface area contributed by atoms with E-state index in [0.29, 0.717) is 0 Å². The van der Waals surface area contributed by atoms with Gasteiger partial charge in [0.25, 0.3) is 0 Å². The first-order chi connectivity index (χ1) is 8.35. The van der Waals surface area contributed by atoms with Gasteiger partial charge in [0.2, 0.25) is 0 Å². The van der Waals surface area contributed by atoms with Crippen LogP contribution in [0.15, 0.2) is 24.5 Å². The molecule has 4 heteroatoms. The van der Waals surface area contributed by atoms with Crippen molar-refractivity contribution in [3.8, 4) is 6.07 Å². The van der Waals surface area contributed by atoms with E-state index >= 15 is 0 Å². The van der Waals surface area contributed by atoms with Crippen LogP contribution in [-0.2, 0) is 0 Å². The van der Waals surface area contributed by atoms with E-state index in [-0.39, 0.29) is 6.04 Å². The number of piperazine rings is 1. The molecule has 2 heterocycles. The lowest BCUT2D eigenvalue weighted by atomic mass is 10.1. The SMILES string of the molecule is CCC(C#N)N1CCN(c2ccncc2)CC1. The molecule has 0 saturated carbocycles. The van der Waals surface area contributed by atoms with Crippen molar-refractivity contribution in [2.24, 2.45) is 0 Å². The zero-order valence-corrected chi connectivity index (χ0v) is 10.2. The molecule has 0 N–H and O–H groups in total. The number of rotatable bonds is 3. The van der Waals surface area contributed by atoms with Crippen molar-refractivity contribution in [2.45, 2.75) is 19.4 Å². The summed E-state index contributed by atoms with van der Waals surface area (Å²) >= 11 is 0. The van der Waals surface area contributed by atoms with Crippen LogP contribution in [-0.4, -0.2) is 42.1 Å². The first-order valence-corrected chi connectivity index (χ1v) is 6.13. The summed E-state index contributed by atoms with van der Waals surface area (Å²) in [4.78, 5) is 8.65. The van der Waals surface area contributed by atoms with Gasteiger partial charge in [0.1, 0.15) is 0 Å². The Morgan fingerprint density at radius 1 is 1.29 bits per heavy atom. The Labute approximate surface area is 102 Å². The van der Waals surface area contributed by atoms with Crippen LogP contribution in [0.3, 0.4) is 0 Å². The van der Waals surface area contributed by atoms with E-state index in [1.807, 2.05) is 24.5 Å². The fraction of sp³-hybridized carbons (Fsp3) is 0.538. The summed E-state index contributed by atoms with van der Waals surface area (Å²) in [5.41, 5.74) is 1.23. The fourth-order valence-electron chi connectivity index (χ4n) is 2.28. The van der Waals surface area contributed by atoms with Gasteiger partial charge < -0.3 is 4.90 Å². The Hall–Kier alpha value is -1.60. The van der Waals surface area contributed by atoms with E-state index in [0.717, 1.165) is 32.6 Å². The molecule has 4 nitrogen and oxygen atoms in total. The third-order valence-corrected chi connectivity index (χ3v) is 3.32. The average molecular weight is 230 g/mol. The van der Waals surface area contributed by atoms with Crippen LogP contribution >= 0.6 is 0 Å².